The molecular weight excluding hydrogens is 276 g/mol. The smallest absolute Gasteiger partial charge is 0.0000668 e. The van der Waals surface area contributed by atoms with Crippen molar-refractivity contribution in [3.8, 4) is 0 Å². The van der Waals surface area contributed by atoms with E-state index >= 15 is 0 Å². The second-order valence-corrected chi connectivity index (χ2v) is 6.59. The lowest BCUT2D eigenvalue weighted by molar-refractivity contribution is 1.32. The molecule has 0 spiro atoms. The minimum Gasteiger partial charge on any atom is -0.0616 e. The van der Waals surface area contributed by atoms with Crippen molar-refractivity contribution in [1.82, 2.24) is 0 Å². The number of hydrogen-bond donors (Lipinski definition) is 0. The summed E-state index contributed by atoms with van der Waals surface area (Å²) in [6.45, 7) is 0. The summed E-state index contributed by atoms with van der Waals surface area (Å²) in [6.07, 6.45) is 1.05. The monoisotopic (exact) mass is 290 g/mol. The van der Waals surface area contributed by atoms with Crippen molar-refractivity contribution in [2.75, 3.05) is 0 Å². The number of rotatable bonds is 0. The highest BCUT2D eigenvalue weighted by molar-refractivity contribution is 6.22. The maximum Gasteiger partial charge on any atom is -0.0000668 e. The van der Waals surface area contributed by atoms with Crippen molar-refractivity contribution in [1.29, 1.82) is 0 Å². The number of fused-ring (bicyclic) bond motifs is 4. The molecule has 5 aromatic rings. The average molecular weight is 290 g/mol. The Balaban J connectivity index is 1.93. The second-order valence-electron chi connectivity index (χ2n) is 6.59. The molecule has 106 valence electrons. The molecule has 0 nitrogen and oxygen atoms in total. The average Bonchev–Trinajstić information content (AvgIpc) is 3.01. The summed E-state index contributed by atoms with van der Waals surface area (Å²) < 4.78 is 0. The molecule has 0 heteroatoms. The van der Waals surface area contributed by atoms with Gasteiger partial charge in [0.15, 0.2) is 0 Å². The van der Waals surface area contributed by atoms with E-state index in [1.807, 2.05) is 0 Å². The maximum atomic E-state index is 2.35. The van der Waals surface area contributed by atoms with Crippen molar-refractivity contribution < 1.29 is 0 Å². The molecule has 0 N–H and O–H groups in total. The van der Waals surface area contributed by atoms with E-state index in [0.717, 1.165) is 6.42 Å². The highest BCUT2D eigenvalue weighted by Gasteiger charge is 2.21. The van der Waals surface area contributed by atoms with Crippen LogP contribution in [0.1, 0.15) is 11.1 Å². The lowest BCUT2D eigenvalue weighted by atomic mass is 9.96. The maximum absolute atomic E-state index is 2.35. The Hall–Kier alpha value is -2.86. The van der Waals surface area contributed by atoms with Gasteiger partial charge in [-0.05, 0) is 72.8 Å². The predicted octanol–water partition coefficient (Wildman–Crippen LogP) is 6.20. The van der Waals surface area contributed by atoms with Crippen LogP contribution in [0.2, 0.25) is 0 Å². The van der Waals surface area contributed by atoms with Crippen molar-refractivity contribution >= 4 is 43.1 Å². The van der Waals surface area contributed by atoms with E-state index in [-0.39, 0.29) is 0 Å². The van der Waals surface area contributed by atoms with Crippen molar-refractivity contribution in [3.05, 3.63) is 83.9 Å². The van der Waals surface area contributed by atoms with Gasteiger partial charge in [-0.2, -0.15) is 0 Å². The minimum absolute atomic E-state index is 1.05. The first-order chi connectivity index (χ1) is 11.4. The molecule has 0 atom stereocenters. The Morgan fingerprint density at radius 2 is 0.957 bits per heavy atom. The standard InChI is InChI=1S/C23H14/c1-3-7-18-14(5-1)11-16-9-10-17-12-15-6-2-4-8-19(15)21-13-20(18)22(16)23(17)21/h1-12H,13H2. The topological polar surface area (TPSA) is 0 Å². The van der Waals surface area contributed by atoms with E-state index in [1.165, 1.54) is 54.2 Å². The highest BCUT2D eigenvalue weighted by Crippen LogP contribution is 2.44. The zero-order valence-electron chi connectivity index (χ0n) is 12.6. The highest BCUT2D eigenvalue weighted by atomic mass is 14.2. The molecule has 0 aliphatic heterocycles. The van der Waals surface area contributed by atoms with Crippen LogP contribution in [0.15, 0.2) is 72.8 Å². The third-order valence-electron chi connectivity index (χ3n) is 5.42. The molecule has 0 saturated carbocycles. The van der Waals surface area contributed by atoms with Crippen molar-refractivity contribution in [2.24, 2.45) is 0 Å². The van der Waals surface area contributed by atoms with Crippen LogP contribution in [0.3, 0.4) is 0 Å². The number of hydrogen-bond acceptors (Lipinski definition) is 0. The van der Waals surface area contributed by atoms with Crippen LogP contribution >= 0.6 is 0 Å². The van der Waals surface area contributed by atoms with Gasteiger partial charge >= 0.3 is 0 Å². The zero-order chi connectivity index (χ0) is 15.0. The molecule has 0 bridgehead atoms. The summed E-state index contributed by atoms with van der Waals surface area (Å²) in [7, 11) is 0. The zero-order valence-corrected chi connectivity index (χ0v) is 12.6. The van der Waals surface area contributed by atoms with Gasteiger partial charge in [0.1, 0.15) is 0 Å². The lowest BCUT2D eigenvalue weighted by Crippen LogP contribution is -1.85. The summed E-state index contributed by atoms with van der Waals surface area (Å²) >= 11 is 0. The van der Waals surface area contributed by atoms with E-state index in [0.29, 0.717) is 0 Å². The Kier molecular flexibility index (Phi) is 1.98. The van der Waals surface area contributed by atoms with Gasteiger partial charge in [-0.3, -0.25) is 0 Å². The van der Waals surface area contributed by atoms with Crippen LogP contribution in [-0.2, 0) is 6.42 Å². The van der Waals surface area contributed by atoms with Crippen LogP contribution < -0.4 is 0 Å². The summed E-state index contributed by atoms with van der Waals surface area (Å²) in [4.78, 5) is 0. The SMILES string of the molecule is c1ccc2c3c4c(ccc5cc6ccccc6c(c54)C3)cc2c1. The Bertz CT molecular complexity index is 1170. The van der Waals surface area contributed by atoms with Gasteiger partial charge in [0, 0.05) is 0 Å². The van der Waals surface area contributed by atoms with Gasteiger partial charge in [-0.1, -0.05) is 60.7 Å². The predicted molar refractivity (Wildman–Crippen MR) is 99.3 cm³/mol. The largest absolute Gasteiger partial charge is 0.0616 e. The molecule has 0 heterocycles. The van der Waals surface area contributed by atoms with Crippen LogP contribution in [0.5, 0.6) is 0 Å². The first-order valence-electron chi connectivity index (χ1n) is 8.18. The molecule has 6 rings (SSSR count). The van der Waals surface area contributed by atoms with Gasteiger partial charge in [0.05, 0.1) is 0 Å². The molecule has 0 radical (unpaired) electrons. The fourth-order valence-electron chi connectivity index (χ4n) is 4.47. The van der Waals surface area contributed by atoms with Gasteiger partial charge in [-0.15, -0.1) is 0 Å². The molecule has 0 aromatic heterocycles. The fraction of sp³-hybridized carbons (Fsp3) is 0.0435. The van der Waals surface area contributed by atoms with Crippen LogP contribution in [-0.4, -0.2) is 0 Å². The van der Waals surface area contributed by atoms with Crippen LogP contribution in [0, 0.1) is 0 Å². The van der Waals surface area contributed by atoms with Gasteiger partial charge in [0.2, 0.25) is 0 Å². The van der Waals surface area contributed by atoms with E-state index in [2.05, 4.69) is 72.8 Å². The van der Waals surface area contributed by atoms with E-state index in [9.17, 15) is 0 Å². The van der Waals surface area contributed by atoms with Crippen molar-refractivity contribution in [2.45, 2.75) is 6.42 Å². The van der Waals surface area contributed by atoms with Gasteiger partial charge < -0.3 is 0 Å². The first-order valence-corrected chi connectivity index (χ1v) is 8.18. The van der Waals surface area contributed by atoms with Crippen LogP contribution in [0.25, 0.3) is 43.1 Å². The molecule has 1 aliphatic carbocycles. The summed E-state index contributed by atoms with van der Waals surface area (Å²) in [5, 5.41) is 11.2. The normalized spacial score (nSPS) is 13.0. The molecule has 0 amide bonds. The molecule has 0 saturated heterocycles. The molecule has 0 unspecified atom stereocenters. The van der Waals surface area contributed by atoms with E-state index < -0.39 is 0 Å². The third kappa shape index (κ3) is 1.37. The molecule has 0 fully saturated rings. The molecule has 5 aromatic carbocycles. The Morgan fingerprint density at radius 1 is 0.478 bits per heavy atom. The fourth-order valence-corrected chi connectivity index (χ4v) is 4.47. The summed E-state index contributed by atoms with van der Waals surface area (Å²) in [5.74, 6) is 0. The van der Waals surface area contributed by atoms with E-state index in [4.69, 9.17) is 0 Å². The van der Waals surface area contributed by atoms with E-state index in [1.54, 1.807) is 0 Å². The van der Waals surface area contributed by atoms with Gasteiger partial charge in [-0.25, -0.2) is 0 Å². The first kappa shape index (κ1) is 11.7. The van der Waals surface area contributed by atoms with Gasteiger partial charge in [0.25, 0.3) is 0 Å². The number of benzene rings is 5. The Morgan fingerprint density at radius 3 is 1.48 bits per heavy atom. The quantitative estimate of drug-likeness (QED) is 0.231. The summed E-state index contributed by atoms with van der Waals surface area (Å²) in [6, 6.07) is 26.9. The second kappa shape index (κ2) is 3.91. The lowest BCUT2D eigenvalue weighted by Gasteiger charge is -2.08. The summed E-state index contributed by atoms with van der Waals surface area (Å²) in [5.41, 5.74) is 3.02. The van der Waals surface area contributed by atoms with Crippen molar-refractivity contribution in [3.63, 3.8) is 0 Å². The Labute approximate surface area is 134 Å². The minimum atomic E-state index is 1.05. The molecular formula is C23H14. The third-order valence-corrected chi connectivity index (χ3v) is 5.42. The molecule has 23 heavy (non-hydrogen) atoms. The van der Waals surface area contributed by atoms with Crippen LogP contribution in [0.4, 0.5) is 0 Å². The molecule has 1 aliphatic rings.